The van der Waals surface area contributed by atoms with Crippen LogP contribution in [0.5, 0.6) is 0 Å². The lowest BCUT2D eigenvalue weighted by atomic mass is 9.69. The first-order valence-electron chi connectivity index (χ1n) is 6.87. The van der Waals surface area contributed by atoms with Gasteiger partial charge in [0.1, 0.15) is 0 Å². The Bertz CT molecular complexity index is 1010. The van der Waals surface area contributed by atoms with Crippen molar-refractivity contribution in [3.8, 4) is 0 Å². The molecule has 6 bridgehead atoms. The van der Waals surface area contributed by atoms with Crippen molar-refractivity contribution in [2.24, 2.45) is 0 Å². The van der Waals surface area contributed by atoms with Gasteiger partial charge in [0, 0.05) is 0 Å². The highest BCUT2D eigenvalue weighted by atomic mass is 31.2. The van der Waals surface area contributed by atoms with Gasteiger partial charge in [0.25, 0.3) is 5.79 Å². The van der Waals surface area contributed by atoms with E-state index in [1.54, 1.807) is 0 Å². The van der Waals surface area contributed by atoms with Crippen LogP contribution in [0.1, 0.15) is 0 Å². The van der Waals surface area contributed by atoms with E-state index < -0.39 is 58.2 Å². The fraction of sp³-hybridized carbons (Fsp3) is 1.00. The van der Waals surface area contributed by atoms with E-state index in [-0.39, 0.29) is 0 Å². The van der Waals surface area contributed by atoms with E-state index >= 15 is 0 Å². The summed E-state index contributed by atoms with van der Waals surface area (Å²) in [4.78, 5) is 18.9. The number of fused-ring (bicyclic) bond motifs is 5. The first-order valence-corrected chi connectivity index (χ1v) is 11.2. The number of rotatable bonds is 0. The summed E-state index contributed by atoms with van der Waals surface area (Å²) >= 11 is 0. The molecule has 22 heteroatoms. The summed E-state index contributed by atoms with van der Waals surface area (Å²) in [7, 11) is -14.9. The number of aliphatic hydroxyl groups is 3. The van der Waals surface area contributed by atoms with Crippen molar-refractivity contribution in [2.45, 2.75) is 34.7 Å². The Morgan fingerprint density at radius 1 is 0.500 bits per heavy atom. The number of phosphoric acid groups is 3. The molecule has 8 atom stereocenters. The van der Waals surface area contributed by atoms with E-state index in [9.17, 15) is 29.0 Å². The molecule has 2 spiro atoms. The Labute approximate surface area is 149 Å². The summed E-state index contributed by atoms with van der Waals surface area (Å²) in [6, 6.07) is 0. The van der Waals surface area contributed by atoms with Gasteiger partial charge in [0.2, 0.25) is 0 Å². The van der Waals surface area contributed by atoms with Crippen LogP contribution in [0.3, 0.4) is 0 Å². The maximum Gasteiger partial charge on any atom is 0.557 e. The van der Waals surface area contributed by atoms with E-state index in [0.29, 0.717) is 0 Å². The molecule has 28 heavy (non-hydrogen) atoms. The predicted octanol–water partition coefficient (Wildman–Crippen LogP) is -1.56. The molecule has 7 aliphatic rings. The van der Waals surface area contributed by atoms with Crippen LogP contribution in [0.25, 0.3) is 0 Å². The Kier molecular flexibility index (Phi) is 2.58. The lowest BCUT2D eigenvalue weighted by Crippen LogP contribution is -2.97. The second-order valence-corrected chi connectivity index (χ2v) is 10.4. The van der Waals surface area contributed by atoms with Crippen LogP contribution in [0, 0.1) is 0 Å². The second-order valence-electron chi connectivity index (χ2n) is 6.21. The van der Waals surface area contributed by atoms with Gasteiger partial charge in [-0.1, -0.05) is 0 Å². The van der Waals surface area contributed by atoms with E-state index in [1.165, 1.54) is 0 Å². The first kappa shape index (κ1) is 17.7. The molecule has 3 unspecified atom stereocenters. The average molecular weight is 472 g/mol. The van der Waals surface area contributed by atoms with E-state index in [4.69, 9.17) is 32.8 Å². The van der Waals surface area contributed by atoms with E-state index in [0.717, 1.165) is 0 Å². The molecule has 156 valence electrons. The Morgan fingerprint density at radius 3 is 1.57 bits per heavy atom. The van der Waals surface area contributed by atoms with Crippen LogP contribution in [-0.4, -0.2) is 50.0 Å². The molecule has 0 amide bonds. The lowest BCUT2D eigenvalue weighted by Gasteiger charge is -2.63. The second kappa shape index (κ2) is 4.08. The van der Waals surface area contributed by atoms with Crippen molar-refractivity contribution in [2.75, 3.05) is 0 Å². The number of phosphoric ester groups is 2. The van der Waals surface area contributed by atoms with Crippen molar-refractivity contribution in [3.05, 3.63) is 0 Å². The molecule has 1 aliphatic carbocycles. The van der Waals surface area contributed by atoms with Crippen molar-refractivity contribution in [1.29, 1.82) is 0 Å². The van der Waals surface area contributed by atoms with Crippen molar-refractivity contribution < 1.29 is 89.9 Å². The fourth-order valence-corrected chi connectivity index (χ4v) is 7.77. The Hall–Kier alpha value is 0.0500. The molecule has 0 aromatic carbocycles. The van der Waals surface area contributed by atoms with Crippen molar-refractivity contribution in [3.63, 3.8) is 0 Å². The quantitative estimate of drug-likeness (QED) is 0.205. The van der Waals surface area contributed by atoms with Gasteiger partial charge < -0.3 is 15.3 Å². The Morgan fingerprint density at radius 2 is 0.929 bits per heavy atom. The molecule has 1 saturated carbocycles. The highest BCUT2D eigenvalue weighted by molar-refractivity contribution is 7.50. The van der Waals surface area contributed by atoms with Gasteiger partial charge in [-0.05, 0) is 0 Å². The van der Waals surface area contributed by atoms with Gasteiger partial charge in [-0.2, -0.15) is 19.6 Å². The van der Waals surface area contributed by atoms with Gasteiger partial charge in [-0.15, -0.1) is 18.7 Å². The van der Waals surface area contributed by atoms with E-state index in [1.807, 2.05) is 0 Å². The summed E-state index contributed by atoms with van der Waals surface area (Å²) < 4.78 is 79.5. The van der Waals surface area contributed by atoms with Crippen LogP contribution >= 0.6 is 23.5 Å². The number of hydrogen-bond acceptors (Lipinski definition) is 19. The zero-order chi connectivity index (χ0) is 19.7. The zero-order valence-electron chi connectivity index (χ0n) is 12.2. The summed E-state index contributed by atoms with van der Waals surface area (Å²) in [5, 5.41) is 32.5. The molecule has 3 N–H and O–H groups in total. The van der Waals surface area contributed by atoms with Gasteiger partial charge in [-0.25, -0.2) is 36.3 Å². The summed E-state index contributed by atoms with van der Waals surface area (Å²) in [5.74, 6) is -21.5. The van der Waals surface area contributed by atoms with Crippen LogP contribution in [0.4, 0.5) is 0 Å². The average Bonchev–Trinajstić information content (AvgIpc) is 3.10. The molecule has 7 fully saturated rings. The van der Waals surface area contributed by atoms with Crippen LogP contribution in [0.2, 0.25) is 0 Å². The highest BCUT2D eigenvalue weighted by Crippen LogP contribution is 2.91. The van der Waals surface area contributed by atoms with Crippen molar-refractivity contribution >= 4 is 23.5 Å². The maximum atomic E-state index is 12.8. The van der Waals surface area contributed by atoms with Gasteiger partial charge in [-0.3, -0.25) is 0 Å². The predicted molar refractivity (Wildman–Crippen MR) is 60.0 cm³/mol. The standard InChI is InChI=1S/C6H3O19P3/c7-1(8)2(9)4-6-5(20-26(10,19-4)21-6,3(1)13-22-27(11,17-2)18-3)15-24-28(12,23-14-4)25-16-6/h7-9H/t2-,3+,4-,5-,6+,26?,27?,28?/m1/s1. The third kappa shape index (κ3) is 1.30. The highest BCUT2D eigenvalue weighted by Gasteiger charge is 3.12. The van der Waals surface area contributed by atoms with Gasteiger partial charge in [0.15, 0.2) is 0 Å². The molecular weight excluding hydrogens is 469 g/mol. The van der Waals surface area contributed by atoms with Crippen LogP contribution in [-0.2, 0) is 74.6 Å². The third-order valence-electron chi connectivity index (χ3n) is 4.87. The molecule has 0 radical (unpaired) electrons. The normalized spacial score (nSPS) is 70.0. The Balaban J connectivity index is 1.67. The van der Waals surface area contributed by atoms with Crippen molar-refractivity contribution in [1.82, 2.24) is 0 Å². The third-order valence-corrected chi connectivity index (χ3v) is 8.31. The summed E-state index contributed by atoms with van der Waals surface area (Å²) in [6.45, 7) is 0. The van der Waals surface area contributed by atoms with Gasteiger partial charge >= 0.3 is 52.4 Å². The first-order chi connectivity index (χ1) is 12.9. The molecule has 6 saturated heterocycles. The SMILES string of the molecule is O=P12OO[C@]34OP5(=O)O[C@@]3(OO1)[C@](OO2)(O5)[C@]1(O)OP2(=O)OO[C@]4(O2)C1(O)O. The minimum atomic E-state index is -5.01. The summed E-state index contributed by atoms with van der Waals surface area (Å²) in [6.07, 6.45) is 0. The topological polar surface area (TPSA) is 232 Å². The largest absolute Gasteiger partial charge is 0.557 e. The fourth-order valence-electron chi connectivity index (χ4n) is 3.78. The number of hydrogen-bond donors (Lipinski definition) is 3. The van der Waals surface area contributed by atoms with Crippen LogP contribution in [0.15, 0.2) is 0 Å². The minimum absolute atomic E-state index is 3.25. The monoisotopic (exact) mass is 472 g/mol. The molecule has 0 aromatic rings. The van der Waals surface area contributed by atoms with Gasteiger partial charge in [0.05, 0.1) is 0 Å². The maximum absolute atomic E-state index is 12.8. The molecule has 19 nitrogen and oxygen atoms in total. The zero-order valence-corrected chi connectivity index (χ0v) is 14.9. The van der Waals surface area contributed by atoms with E-state index in [2.05, 4.69) is 28.1 Å². The molecule has 7 rings (SSSR count). The lowest BCUT2D eigenvalue weighted by molar-refractivity contribution is -0.671. The van der Waals surface area contributed by atoms with Crippen LogP contribution < -0.4 is 0 Å². The molecule has 0 aromatic heterocycles. The minimum Gasteiger partial charge on any atom is -0.357 e. The molecule has 6 heterocycles. The smallest absolute Gasteiger partial charge is 0.357 e. The molecule has 6 aliphatic heterocycles. The summed E-state index contributed by atoms with van der Waals surface area (Å²) in [5.41, 5.74) is 0. The molecular formula is C6H3O19P3.